The van der Waals surface area contributed by atoms with Gasteiger partial charge in [-0.3, -0.25) is 0 Å². The number of fused-ring (bicyclic) bond motifs is 1. The van der Waals surface area contributed by atoms with E-state index in [-0.39, 0.29) is 0 Å². The lowest BCUT2D eigenvalue weighted by atomic mass is 9.71. The molecule has 4 rings (SSSR count). The van der Waals surface area contributed by atoms with E-state index in [1.807, 2.05) is 0 Å². The zero-order chi connectivity index (χ0) is 17.6. The fourth-order valence-electron chi connectivity index (χ4n) is 4.30. The van der Waals surface area contributed by atoms with E-state index in [1.54, 1.807) is 17.1 Å². The lowest BCUT2D eigenvalue weighted by molar-refractivity contribution is 0.642. The molecule has 25 heavy (non-hydrogen) atoms. The minimum absolute atomic E-state index is 0.565. The van der Waals surface area contributed by atoms with Crippen molar-refractivity contribution < 1.29 is 0 Å². The summed E-state index contributed by atoms with van der Waals surface area (Å²) in [4.78, 5) is 0. The maximum absolute atomic E-state index is 2.64. The lowest BCUT2D eigenvalue weighted by Gasteiger charge is -2.28. The highest BCUT2D eigenvalue weighted by atomic mass is 28.3. The molecule has 1 heterocycles. The Hall–Kier alpha value is -1.99. The van der Waals surface area contributed by atoms with E-state index in [2.05, 4.69) is 86.9 Å². The van der Waals surface area contributed by atoms with Crippen LogP contribution in [0.5, 0.6) is 0 Å². The first kappa shape index (κ1) is 16.5. The molecule has 1 atom stereocenters. The third-order valence-electron chi connectivity index (χ3n) is 5.62. The van der Waals surface area contributed by atoms with Gasteiger partial charge >= 0.3 is 0 Å². The molecule has 0 N–H and O–H groups in total. The summed E-state index contributed by atoms with van der Waals surface area (Å²) < 4.78 is 0. The molecular weight excluding hydrogens is 316 g/mol. The Morgan fingerprint density at radius 3 is 2.08 bits per heavy atom. The van der Waals surface area contributed by atoms with Crippen molar-refractivity contribution in [1.29, 1.82) is 0 Å². The number of allylic oxidation sites excluding steroid dienone is 2. The zero-order valence-corrected chi connectivity index (χ0v) is 16.8. The molecule has 2 aromatic carbocycles. The van der Waals surface area contributed by atoms with Gasteiger partial charge in [-0.05, 0) is 54.9 Å². The Labute approximate surface area is 153 Å². The first-order chi connectivity index (χ1) is 11.9. The van der Waals surface area contributed by atoms with Gasteiger partial charge in [0.1, 0.15) is 8.07 Å². The monoisotopic (exact) mass is 343 g/mol. The molecule has 0 spiro atoms. The molecule has 1 aliphatic heterocycles. The van der Waals surface area contributed by atoms with Crippen LogP contribution in [-0.4, -0.2) is 8.07 Å². The normalized spacial score (nSPS) is 21.6. The second-order valence-electron chi connectivity index (χ2n) is 8.33. The smallest absolute Gasteiger partial charge is 0.0590 e. The molecule has 1 saturated carbocycles. The van der Waals surface area contributed by atoms with Gasteiger partial charge in [0.2, 0.25) is 0 Å². The topological polar surface area (TPSA) is 0 Å². The fourth-order valence-corrected chi connectivity index (χ4v) is 6.63. The van der Waals surface area contributed by atoms with Crippen molar-refractivity contribution in [1.82, 2.24) is 0 Å². The Bertz CT molecular complexity index is 763. The minimum Gasteiger partial charge on any atom is -0.0590 e. The number of aryl methyl sites for hydroxylation is 2. The molecule has 0 nitrogen and oxygen atoms in total. The van der Waals surface area contributed by atoms with E-state index < -0.39 is 8.07 Å². The summed E-state index contributed by atoms with van der Waals surface area (Å²) in [6, 6.07) is 18.3. The van der Waals surface area contributed by atoms with Crippen LogP contribution in [-0.2, 0) is 0 Å². The van der Waals surface area contributed by atoms with Gasteiger partial charge in [0.25, 0.3) is 0 Å². The molecule has 0 aromatic heterocycles. The van der Waals surface area contributed by atoms with Crippen molar-refractivity contribution in [2.45, 2.75) is 45.7 Å². The van der Waals surface area contributed by atoms with Crippen LogP contribution in [0.15, 0.2) is 71.1 Å². The standard InChI is InChI=1S/C24H27Si/c1-17-5-9-19(10-6-17)21-13-14-22(20-11-7-18(2)8-12-20)24-16-25(3,4)15-23(21)24/h5-12,15-16,21H,13-14H2,1-4H3/q+1. The van der Waals surface area contributed by atoms with Crippen molar-refractivity contribution in [3.05, 3.63) is 99.2 Å². The first-order valence-electron chi connectivity index (χ1n) is 9.39. The van der Waals surface area contributed by atoms with Crippen LogP contribution in [0.4, 0.5) is 0 Å². The van der Waals surface area contributed by atoms with E-state index >= 15 is 0 Å². The van der Waals surface area contributed by atoms with Crippen LogP contribution >= 0.6 is 0 Å². The predicted octanol–water partition coefficient (Wildman–Crippen LogP) is 6.46. The van der Waals surface area contributed by atoms with Crippen LogP contribution in [0.2, 0.25) is 13.1 Å². The van der Waals surface area contributed by atoms with Crippen LogP contribution < -0.4 is 0 Å². The van der Waals surface area contributed by atoms with Crippen molar-refractivity contribution in [3.63, 3.8) is 0 Å². The summed E-state index contributed by atoms with van der Waals surface area (Å²) in [6.45, 7) is 9.26. The van der Waals surface area contributed by atoms with Gasteiger partial charge in [-0.15, -0.1) is 0 Å². The van der Waals surface area contributed by atoms with Gasteiger partial charge in [-0.1, -0.05) is 42.9 Å². The number of benzene rings is 2. The molecule has 2 aliphatic rings. The third kappa shape index (κ3) is 3.14. The summed E-state index contributed by atoms with van der Waals surface area (Å²) in [5.41, 5.74) is 14.0. The highest BCUT2D eigenvalue weighted by Crippen LogP contribution is 2.50. The Morgan fingerprint density at radius 1 is 0.840 bits per heavy atom. The summed E-state index contributed by atoms with van der Waals surface area (Å²) in [5.74, 6) is 2.13. The molecule has 1 fully saturated rings. The van der Waals surface area contributed by atoms with E-state index in [0.717, 1.165) is 0 Å². The van der Waals surface area contributed by atoms with E-state index in [1.165, 1.54) is 35.1 Å². The van der Waals surface area contributed by atoms with E-state index in [0.29, 0.717) is 5.92 Å². The van der Waals surface area contributed by atoms with Crippen molar-refractivity contribution in [3.8, 4) is 0 Å². The Kier molecular flexibility index (Phi) is 4.00. The average Bonchev–Trinajstić information content (AvgIpc) is 2.91. The van der Waals surface area contributed by atoms with Crippen LogP contribution in [0.3, 0.4) is 0 Å². The van der Waals surface area contributed by atoms with Crippen LogP contribution in [0.1, 0.15) is 41.0 Å². The maximum Gasteiger partial charge on any atom is 0.145 e. The predicted molar refractivity (Wildman–Crippen MR) is 110 cm³/mol. The van der Waals surface area contributed by atoms with Crippen molar-refractivity contribution in [2.75, 3.05) is 0 Å². The molecule has 1 aliphatic carbocycles. The highest BCUT2D eigenvalue weighted by molar-refractivity contribution is 6.88. The lowest BCUT2D eigenvalue weighted by Crippen LogP contribution is -2.17. The van der Waals surface area contributed by atoms with Crippen molar-refractivity contribution >= 4 is 8.07 Å². The molecule has 126 valence electrons. The molecule has 0 bridgehead atoms. The summed E-state index contributed by atoms with van der Waals surface area (Å²) in [7, 11) is -1.38. The summed E-state index contributed by atoms with van der Waals surface area (Å²) in [6.07, 6.45) is 2.40. The third-order valence-corrected chi connectivity index (χ3v) is 7.71. The number of hydrogen-bond acceptors (Lipinski definition) is 0. The summed E-state index contributed by atoms with van der Waals surface area (Å²) in [5, 5.41) is 0. The second-order valence-corrected chi connectivity index (χ2v) is 12.5. The molecule has 1 unspecified atom stereocenters. The minimum atomic E-state index is -1.38. The van der Waals surface area contributed by atoms with Gasteiger partial charge in [0.05, 0.1) is 11.1 Å². The van der Waals surface area contributed by atoms with Gasteiger partial charge < -0.3 is 0 Å². The molecule has 1 heteroatoms. The molecule has 0 saturated heterocycles. The van der Waals surface area contributed by atoms with Gasteiger partial charge in [0.15, 0.2) is 0 Å². The largest absolute Gasteiger partial charge is 0.145 e. The van der Waals surface area contributed by atoms with E-state index in [9.17, 15) is 0 Å². The maximum atomic E-state index is 2.64. The molecule has 2 aromatic rings. The second kappa shape index (κ2) is 6.07. The number of rotatable bonds is 2. The SMILES string of the molecule is Cc1ccc([C+]2CCC(c3ccc(C)cc3)C3=C[Si](C)(C)C=C32)cc1. The molecule has 0 amide bonds. The molecule has 0 radical (unpaired) electrons. The van der Waals surface area contributed by atoms with Gasteiger partial charge in [-0.2, -0.15) is 0 Å². The molecular formula is C24H27Si+. The Morgan fingerprint density at radius 2 is 1.44 bits per heavy atom. The first-order valence-corrected chi connectivity index (χ1v) is 12.5. The van der Waals surface area contributed by atoms with Crippen LogP contribution in [0.25, 0.3) is 0 Å². The van der Waals surface area contributed by atoms with Gasteiger partial charge in [0, 0.05) is 36.0 Å². The Balaban J connectivity index is 1.73. The van der Waals surface area contributed by atoms with Crippen molar-refractivity contribution in [2.24, 2.45) is 0 Å². The van der Waals surface area contributed by atoms with Crippen LogP contribution in [0, 0.1) is 19.8 Å². The quantitative estimate of drug-likeness (QED) is 0.434. The van der Waals surface area contributed by atoms with Gasteiger partial charge in [-0.25, -0.2) is 0 Å². The zero-order valence-electron chi connectivity index (χ0n) is 15.8. The summed E-state index contributed by atoms with van der Waals surface area (Å²) >= 11 is 0. The fraction of sp³-hybridized carbons (Fsp3) is 0.292. The van der Waals surface area contributed by atoms with E-state index in [4.69, 9.17) is 0 Å². The number of hydrogen-bond donors (Lipinski definition) is 0. The average molecular weight is 344 g/mol. The highest BCUT2D eigenvalue weighted by Gasteiger charge is 2.43.